The Balaban J connectivity index is 0.000000283. The molecule has 2 aromatic rings. The third kappa shape index (κ3) is 7.45. The molecule has 0 saturated carbocycles. The Labute approximate surface area is 112 Å². The van der Waals surface area contributed by atoms with E-state index in [0.29, 0.717) is 0 Å². The normalized spacial score (nSPS) is 8.44. The second kappa shape index (κ2) is 9.23. The monoisotopic (exact) mass is 240 g/mol. The van der Waals surface area contributed by atoms with Crippen molar-refractivity contribution in [3.05, 3.63) is 83.9 Å². The Morgan fingerprint density at radius 2 is 0.556 bits per heavy atom. The molecule has 2 aromatic carbocycles. The van der Waals surface area contributed by atoms with E-state index in [1.165, 1.54) is 22.3 Å². The molecule has 0 bridgehead atoms. The molecular weight excluding hydrogens is 216 g/mol. The van der Waals surface area contributed by atoms with Crippen LogP contribution in [-0.4, -0.2) is 0 Å². The van der Waals surface area contributed by atoms with Gasteiger partial charge in [0.1, 0.15) is 0 Å². The van der Waals surface area contributed by atoms with E-state index >= 15 is 0 Å². The fourth-order valence-electron chi connectivity index (χ4n) is 1.27. The first-order valence-electron chi connectivity index (χ1n) is 6.14. The molecule has 0 amide bonds. The van der Waals surface area contributed by atoms with E-state index < -0.39 is 0 Å². The number of hydrogen-bond donors (Lipinski definition) is 0. The smallest absolute Gasteiger partial charge is 0.0398 e. The molecular formula is C18H24. The molecule has 96 valence electrons. The number of hydrogen-bond acceptors (Lipinski definition) is 0. The molecule has 18 heavy (non-hydrogen) atoms. The van der Waals surface area contributed by atoms with Gasteiger partial charge in [-0.3, -0.25) is 0 Å². The second-order valence-corrected chi connectivity index (χ2v) is 4.31. The van der Waals surface area contributed by atoms with Crippen LogP contribution in [0, 0.1) is 27.7 Å². The van der Waals surface area contributed by atoms with Crippen molar-refractivity contribution >= 4 is 0 Å². The van der Waals surface area contributed by atoms with Crippen molar-refractivity contribution < 1.29 is 0 Å². The van der Waals surface area contributed by atoms with Gasteiger partial charge in [-0.05, 0) is 27.7 Å². The maximum atomic E-state index is 3.00. The van der Waals surface area contributed by atoms with Gasteiger partial charge < -0.3 is 0 Å². The Morgan fingerprint density at radius 1 is 0.444 bits per heavy atom. The van der Waals surface area contributed by atoms with Crippen LogP contribution in [0.25, 0.3) is 0 Å². The highest BCUT2D eigenvalue weighted by molar-refractivity contribution is 5.20. The van der Waals surface area contributed by atoms with Crippen molar-refractivity contribution in [1.29, 1.82) is 0 Å². The van der Waals surface area contributed by atoms with Crippen LogP contribution in [0.3, 0.4) is 0 Å². The number of rotatable bonds is 0. The van der Waals surface area contributed by atoms with Crippen LogP contribution in [0.4, 0.5) is 0 Å². The molecule has 0 radical (unpaired) electrons. The highest BCUT2D eigenvalue weighted by Crippen LogP contribution is 2.00. The van der Waals surface area contributed by atoms with Gasteiger partial charge in [0.2, 0.25) is 0 Å². The first-order chi connectivity index (χ1) is 8.58. The third-order valence-electron chi connectivity index (χ3n) is 2.44. The van der Waals surface area contributed by atoms with E-state index in [2.05, 4.69) is 89.4 Å². The Bertz CT molecular complexity index is 335. The number of aryl methyl sites for hydroxylation is 4. The Hall–Kier alpha value is -1.82. The summed E-state index contributed by atoms with van der Waals surface area (Å²) in [6.07, 6.45) is 0. The molecule has 0 aliphatic heterocycles. The zero-order chi connectivity index (χ0) is 14.0. The van der Waals surface area contributed by atoms with Gasteiger partial charge in [0.25, 0.3) is 0 Å². The average Bonchev–Trinajstić information content (AvgIpc) is 2.40. The SMILES string of the molecule is C=C.Cc1ccc(C)cc1.Cc1ccc(C)cc1. The molecule has 0 fully saturated rings. The minimum absolute atomic E-state index is 1.33. The van der Waals surface area contributed by atoms with Crippen molar-refractivity contribution in [2.45, 2.75) is 27.7 Å². The van der Waals surface area contributed by atoms with Gasteiger partial charge in [0, 0.05) is 0 Å². The largest absolute Gasteiger partial charge is 0.106 e. The summed E-state index contributed by atoms with van der Waals surface area (Å²) in [5, 5.41) is 0. The quantitative estimate of drug-likeness (QED) is 0.540. The molecule has 0 aliphatic rings. The van der Waals surface area contributed by atoms with E-state index in [4.69, 9.17) is 0 Å². The molecule has 0 saturated heterocycles. The minimum Gasteiger partial charge on any atom is -0.106 e. The van der Waals surface area contributed by atoms with Crippen LogP contribution in [0.2, 0.25) is 0 Å². The van der Waals surface area contributed by atoms with E-state index in [-0.39, 0.29) is 0 Å². The molecule has 0 spiro atoms. The van der Waals surface area contributed by atoms with E-state index in [1.807, 2.05) is 0 Å². The molecule has 0 heteroatoms. The van der Waals surface area contributed by atoms with Crippen molar-refractivity contribution in [2.24, 2.45) is 0 Å². The first-order valence-corrected chi connectivity index (χ1v) is 6.14. The predicted molar refractivity (Wildman–Crippen MR) is 83.1 cm³/mol. The fraction of sp³-hybridized carbons (Fsp3) is 0.222. The zero-order valence-corrected chi connectivity index (χ0v) is 12.0. The van der Waals surface area contributed by atoms with Gasteiger partial charge in [0.05, 0.1) is 0 Å². The molecule has 2 rings (SSSR count). The van der Waals surface area contributed by atoms with Crippen molar-refractivity contribution in [2.75, 3.05) is 0 Å². The van der Waals surface area contributed by atoms with Gasteiger partial charge in [-0.25, -0.2) is 0 Å². The Kier molecular flexibility index (Phi) is 8.30. The lowest BCUT2D eigenvalue weighted by Gasteiger charge is -1.90. The van der Waals surface area contributed by atoms with Crippen LogP contribution >= 0.6 is 0 Å². The van der Waals surface area contributed by atoms with Crippen LogP contribution in [0.15, 0.2) is 61.7 Å². The lowest BCUT2D eigenvalue weighted by Crippen LogP contribution is -1.70. The second-order valence-electron chi connectivity index (χ2n) is 4.31. The molecule has 0 nitrogen and oxygen atoms in total. The summed E-state index contributed by atoms with van der Waals surface area (Å²) in [6.45, 7) is 14.4. The van der Waals surface area contributed by atoms with Crippen LogP contribution in [0.5, 0.6) is 0 Å². The summed E-state index contributed by atoms with van der Waals surface area (Å²) in [5.41, 5.74) is 5.32. The van der Waals surface area contributed by atoms with Gasteiger partial charge in [-0.1, -0.05) is 70.8 Å². The van der Waals surface area contributed by atoms with Gasteiger partial charge in [0.15, 0.2) is 0 Å². The molecule has 0 aliphatic carbocycles. The summed E-state index contributed by atoms with van der Waals surface area (Å²) in [7, 11) is 0. The number of benzene rings is 2. The fourth-order valence-corrected chi connectivity index (χ4v) is 1.27. The molecule has 0 N–H and O–H groups in total. The summed E-state index contributed by atoms with van der Waals surface area (Å²) in [4.78, 5) is 0. The standard InChI is InChI=1S/2C8H10.C2H4/c2*1-7-3-5-8(2)6-4-7;1-2/h2*3-6H,1-2H3;1-2H2. The maximum Gasteiger partial charge on any atom is -0.0398 e. The molecule has 0 aromatic heterocycles. The lowest BCUT2D eigenvalue weighted by atomic mass is 10.2. The van der Waals surface area contributed by atoms with Gasteiger partial charge >= 0.3 is 0 Å². The van der Waals surface area contributed by atoms with Crippen molar-refractivity contribution in [3.8, 4) is 0 Å². The highest BCUT2D eigenvalue weighted by atomic mass is 13.9. The van der Waals surface area contributed by atoms with Crippen LogP contribution in [-0.2, 0) is 0 Å². The summed E-state index contributed by atoms with van der Waals surface area (Å²) >= 11 is 0. The highest BCUT2D eigenvalue weighted by Gasteiger charge is 1.80. The molecule has 0 atom stereocenters. The van der Waals surface area contributed by atoms with Gasteiger partial charge in [-0.15, -0.1) is 13.2 Å². The Morgan fingerprint density at radius 3 is 0.667 bits per heavy atom. The summed E-state index contributed by atoms with van der Waals surface area (Å²) < 4.78 is 0. The molecule has 0 heterocycles. The van der Waals surface area contributed by atoms with E-state index in [1.54, 1.807) is 0 Å². The lowest BCUT2D eigenvalue weighted by molar-refractivity contribution is 1.40. The first kappa shape index (κ1) is 16.2. The van der Waals surface area contributed by atoms with Crippen molar-refractivity contribution in [1.82, 2.24) is 0 Å². The summed E-state index contributed by atoms with van der Waals surface area (Å²) in [5.74, 6) is 0. The topological polar surface area (TPSA) is 0 Å². The van der Waals surface area contributed by atoms with Crippen molar-refractivity contribution in [3.63, 3.8) is 0 Å². The zero-order valence-electron chi connectivity index (χ0n) is 12.0. The predicted octanol–water partition coefficient (Wildman–Crippen LogP) is 5.41. The van der Waals surface area contributed by atoms with E-state index in [9.17, 15) is 0 Å². The third-order valence-corrected chi connectivity index (χ3v) is 2.44. The average molecular weight is 240 g/mol. The van der Waals surface area contributed by atoms with E-state index in [0.717, 1.165) is 0 Å². The minimum atomic E-state index is 1.33. The van der Waals surface area contributed by atoms with Crippen LogP contribution < -0.4 is 0 Å². The van der Waals surface area contributed by atoms with Gasteiger partial charge in [-0.2, -0.15) is 0 Å². The van der Waals surface area contributed by atoms with Crippen LogP contribution in [0.1, 0.15) is 22.3 Å². The maximum absolute atomic E-state index is 3.00. The molecule has 0 unspecified atom stereocenters. The summed E-state index contributed by atoms with van der Waals surface area (Å²) in [6, 6.07) is 17.0.